The van der Waals surface area contributed by atoms with E-state index in [0.717, 1.165) is 17.7 Å². The van der Waals surface area contributed by atoms with Crippen LogP contribution in [0.25, 0.3) is 6.08 Å². The number of hydrogen-bond donors (Lipinski definition) is 1. The third-order valence-electron chi connectivity index (χ3n) is 2.92. The molecule has 2 aromatic rings. The molecule has 0 heterocycles. The highest BCUT2D eigenvalue weighted by Crippen LogP contribution is 2.12. The summed E-state index contributed by atoms with van der Waals surface area (Å²) in [5.41, 5.74) is 0.952. The Kier molecular flexibility index (Phi) is 4.99. The standard InChI is InChI=1S/C17H12F2N2O/c18-15-7-6-13(9-16(15)19)8-14(10-20)17(22)21-11-12-4-2-1-3-5-12/h1-9H,11H2,(H,21,22)/b14-8-. The van der Waals surface area contributed by atoms with Gasteiger partial charge in [0.1, 0.15) is 11.6 Å². The van der Waals surface area contributed by atoms with Crippen molar-refractivity contribution in [2.24, 2.45) is 0 Å². The Morgan fingerprint density at radius 3 is 2.50 bits per heavy atom. The van der Waals surface area contributed by atoms with E-state index < -0.39 is 17.5 Å². The Morgan fingerprint density at radius 1 is 1.14 bits per heavy atom. The first kappa shape index (κ1) is 15.4. The van der Waals surface area contributed by atoms with Gasteiger partial charge in [-0.2, -0.15) is 5.26 Å². The minimum absolute atomic E-state index is 0.179. The minimum atomic E-state index is -1.03. The summed E-state index contributed by atoms with van der Waals surface area (Å²) in [6.45, 7) is 0.274. The van der Waals surface area contributed by atoms with Crippen molar-refractivity contribution in [1.29, 1.82) is 5.26 Å². The average Bonchev–Trinajstić information content (AvgIpc) is 2.54. The molecule has 0 unspecified atom stereocenters. The second-order valence-electron chi connectivity index (χ2n) is 4.51. The van der Waals surface area contributed by atoms with E-state index >= 15 is 0 Å². The molecule has 1 amide bonds. The molecule has 22 heavy (non-hydrogen) atoms. The van der Waals surface area contributed by atoms with Gasteiger partial charge in [-0.05, 0) is 29.3 Å². The van der Waals surface area contributed by atoms with E-state index in [0.29, 0.717) is 0 Å². The van der Waals surface area contributed by atoms with Crippen LogP contribution in [0.2, 0.25) is 0 Å². The predicted octanol–water partition coefficient (Wildman–Crippen LogP) is 3.19. The highest BCUT2D eigenvalue weighted by atomic mass is 19.2. The quantitative estimate of drug-likeness (QED) is 0.696. The first-order valence-electron chi connectivity index (χ1n) is 6.49. The van der Waals surface area contributed by atoms with Crippen LogP contribution in [0.5, 0.6) is 0 Å². The molecule has 0 saturated carbocycles. The first-order chi connectivity index (χ1) is 10.6. The molecule has 5 heteroatoms. The molecule has 0 spiro atoms. The largest absolute Gasteiger partial charge is 0.347 e. The van der Waals surface area contributed by atoms with E-state index in [4.69, 9.17) is 5.26 Å². The lowest BCUT2D eigenvalue weighted by atomic mass is 10.1. The van der Waals surface area contributed by atoms with Crippen molar-refractivity contribution in [3.63, 3.8) is 0 Å². The summed E-state index contributed by atoms with van der Waals surface area (Å²) in [6.07, 6.45) is 1.21. The zero-order valence-electron chi connectivity index (χ0n) is 11.5. The van der Waals surface area contributed by atoms with Gasteiger partial charge in [0.25, 0.3) is 5.91 Å². The molecule has 0 atom stereocenters. The van der Waals surface area contributed by atoms with Crippen LogP contribution < -0.4 is 5.32 Å². The molecule has 110 valence electrons. The lowest BCUT2D eigenvalue weighted by molar-refractivity contribution is -0.117. The lowest BCUT2D eigenvalue weighted by Gasteiger charge is -2.04. The molecule has 0 aromatic heterocycles. The van der Waals surface area contributed by atoms with E-state index in [1.54, 1.807) is 6.07 Å². The Balaban J connectivity index is 2.10. The van der Waals surface area contributed by atoms with Crippen LogP contribution in [0.4, 0.5) is 8.78 Å². The number of hydrogen-bond acceptors (Lipinski definition) is 2. The third kappa shape index (κ3) is 4.00. The molecule has 2 aromatic carbocycles. The highest BCUT2D eigenvalue weighted by Gasteiger charge is 2.09. The van der Waals surface area contributed by atoms with Gasteiger partial charge in [-0.3, -0.25) is 4.79 Å². The summed E-state index contributed by atoms with van der Waals surface area (Å²) in [4.78, 5) is 11.9. The maximum Gasteiger partial charge on any atom is 0.262 e. The van der Waals surface area contributed by atoms with Crippen LogP contribution in [0.1, 0.15) is 11.1 Å². The number of amides is 1. The number of benzene rings is 2. The molecule has 1 N–H and O–H groups in total. The van der Waals surface area contributed by atoms with Crippen molar-refractivity contribution >= 4 is 12.0 Å². The number of nitriles is 1. The molecular weight excluding hydrogens is 286 g/mol. The van der Waals surface area contributed by atoms with Crippen molar-refractivity contribution in [2.45, 2.75) is 6.54 Å². The van der Waals surface area contributed by atoms with Crippen LogP contribution in [0.15, 0.2) is 54.1 Å². The van der Waals surface area contributed by atoms with Crippen LogP contribution in [-0.2, 0) is 11.3 Å². The van der Waals surface area contributed by atoms with E-state index in [9.17, 15) is 13.6 Å². The number of nitrogens with one attached hydrogen (secondary N) is 1. The molecule has 0 saturated heterocycles. The second kappa shape index (κ2) is 7.14. The first-order valence-corrected chi connectivity index (χ1v) is 6.49. The molecule has 0 radical (unpaired) electrons. The maximum atomic E-state index is 13.1. The second-order valence-corrected chi connectivity index (χ2v) is 4.51. The zero-order valence-corrected chi connectivity index (χ0v) is 11.5. The summed E-state index contributed by atoms with van der Waals surface area (Å²) in [5.74, 6) is -2.59. The van der Waals surface area contributed by atoms with Crippen LogP contribution in [0.3, 0.4) is 0 Å². The number of halogens is 2. The molecular formula is C17H12F2N2O. The molecule has 0 aliphatic rings. The number of carbonyl (C=O) groups is 1. The van der Waals surface area contributed by atoms with Gasteiger partial charge in [0.2, 0.25) is 0 Å². The fourth-order valence-corrected chi connectivity index (χ4v) is 1.79. The summed E-state index contributed by atoms with van der Waals surface area (Å²) < 4.78 is 26.0. The van der Waals surface area contributed by atoms with Crippen LogP contribution >= 0.6 is 0 Å². The van der Waals surface area contributed by atoms with Crippen molar-refractivity contribution in [1.82, 2.24) is 5.32 Å². The Bertz CT molecular complexity index is 749. The van der Waals surface area contributed by atoms with Crippen molar-refractivity contribution in [3.8, 4) is 6.07 Å². The Morgan fingerprint density at radius 2 is 1.86 bits per heavy atom. The SMILES string of the molecule is N#C/C(=C/c1ccc(F)c(F)c1)C(=O)NCc1ccccc1. The number of nitrogens with zero attached hydrogens (tertiary/aromatic N) is 1. The van der Waals surface area contributed by atoms with E-state index in [2.05, 4.69) is 5.32 Å². The highest BCUT2D eigenvalue weighted by molar-refractivity contribution is 6.01. The fourth-order valence-electron chi connectivity index (χ4n) is 1.79. The molecule has 0 fully saturated rings. The molecule has 3 nitrogen and oxygen atoms in total. The van der Waals surface area contributed by atoms with Gasteiger partial charge in [-0.15, -0.1) is 0 Å². The fraction of sp³-hybridized carbons (Fsp3) is 0.0588. The third-order valence-corrected chi connectivity index (χ3v) is 2.92. The molecule has 0 bridgehead atoms. The van der Waals surface area contributed by atoms with Gasteiger partial charge in [0.15, 0.2) is 11.6 Å². The molecule has 0 aliphatic heterocycles. The van der Waals surface area contributed by atoms with Gasteiger partial charge in [0, 0.05) is 6.54 Å². The maximum absolute atomic E-state index is 13.1. The summed E-state index contributed by atoms with van der Waals surface area (Å²) in [7, 11) is 0. The number of rotatable bonds is 4. The van der Waals surface area contributed by atoms with E-state index in [-0.39, 0.29) is 17.7 Å². The molecule has 2 rings (SSSR count). The smallest absolute Gasteiger partial charge is 0.262 e. The average molecular weight is 298 g/mol. The van der Waals surface area contributed by atoms with Gasteiger partial charge in [-0.25, -0.2) is 8.78 Å². The monoisotopic (exact) mass is 298 g/mol. The van der Waals surface area contributed by atoms with Crippen LogP contribution in [0, 0.1) is 23.0 Å². The van der Waals surface area contributed by atoms with Crippen LogP contribution in [-0.4, -0.2) is 5.91 Å². The van der Waals surface area contributed by atoms with Gasteiger partial charge in [-0.1, -0.05) is 36.4 Å². The van der Waals surface area contributed by atoms with Gasteiger partial charge in [0.05, 0.1) is 0 Å². The summed E-state index contributed by atoms with van der Waals surface area (Å²) in [5, 5.41) is 11.6. The minimum Gasteiger partial charge on any atom is -0.347 e. The Labute approximate surface area is 126 Å². The predicted molar refractivity (Wildman–Crippen MR) is 78.2 cm³/mol. The van der Waals surface area contributed by atoms with Crippen molar-refractivity contribution in [2.75, 3.05) is 0 Å². The van der Waals surface area contributed by atoms with Gasteiger partial charge < -0.3 is 5.32 Å². The van der Waals surface area contributed by atoms with E-state index in [1.165, 1.54) is 12.1 Å². The zero-order chi connectivity index (χ0) is 15.9. The summed E-state index contributed by atoms with van der Waals surface area (Å²) in [6, 6.07) is 14.1. The normalized spacial score (nSPS) is 10.9. The van der Waals surface area contributed by atoms with Gasteiger partial charge >= 0.3 is 0 Å². The topological polar surface area (TPSA) is 52.9 Å². The Hall–Kier alpha value is -3.00. The van der Waals surface area contributed by atoms with Crippen molar-refractivity contribution < 1.29 is 13.6 Å². The van der Waals surface area contributed by atoms with E-state index in [1.807, 2.05) is 30.3 Å². The lowest BCUT2D eigenvalue weighted by Crippen LogP contribution is -2.23. The van der Waals surface area contributed by atoms with Crippen molar-refractivity contribution in [3.05, 3.63) is 76.9 Å². The molecule has 0 aliphatic carbocycles. The number of carbonyl (C=O) groups excluding carboxylic acids is 1. The summed E-state index contributed by atoms with van der Waals surface area (Å²) >= 11 is 0.